The quantitative estimate of drug-likeness (QED) is 0.307. The fraction of sp³-hybridized carbons (Fsp3) is 0.550. The zero-order chi connectivity index (χ0) is 18.3. The van der Waals surface area contributed by atoms with Crippen molar-refractivity contribution in [2.24, 2.45) is 0 Å². The molecule has 0 spiro atoms. The molecule has 1 aromatic rings. The van der Waals surface area contributed by atoms with Crippen molar-refractivity contribution < 1.29 is 23.7 Å². The first-order valence-corrected chi connectivity index (χ1v) is 8.87. The van der Waals surface area contributed by atoms with E-state index in [1.54, 1.807) is 6.92 Å². The van der Waals surface area contributed by atoms with E-state index in [-0.39, 0.29) is 12.6 Å². The Balaban J connectivity index is 2.66. The maximum Gasteiger partial charge on any atom is 0.335 e. The lowest BCUT2D eigenvalue weighted by Crippen LogP contribution is -2.35. The number of esters is 1. The molecule has 0 aliphatic rings. The van der Waals surface area contributed by atoms with Crippen LogP contribution in [0.3, 0.4) is 0 Å². The number of ether oxygens (including phenoxy) is 4. The molecule has 0 N–H and O–H groups in total. The summed E-state index contributed by atoms with van der Waals surface area (Å²) in [4.78, 5) is 12.2. The number of allylic oxidation sites excluding steroid dienone is 2. The third kappa shape index (κ3) is 9.39. The molecule has 0 bridgehead atoms. The molecule has 0 amide bonds. The van der Waals surface area contributed by atoms with E-state index in [4.69, 9.17) is 18.9 Å². The topological polar surface area (TPSA) is 54.0 Å². The molecule has 25 heavy (non-hydrogen) atoms. The molecular weight excluding hydrogens is 320 g/mol. The van der Waals surface area contributed by atoms with Gasteiger partial charge >= 0.3 is 5.97 Å². The number of benzene rings is 1. The average Bonchev–Trinajstić information content (AvgIpc) is 2.63. The van der Waals surface area contributed by atoms with Crippen molar-refractivity contribution in [2.75, 3.05) is 19.8 Å². The zero-order valence-electron chi connectivity index (χ0n) is 15.5. The van der Waals surface area contributed by atoms with Gasteiger partial charge in [0.15, 0.2) is 12.4 Å². The molecule has 1 rings (SSSR count). The summed E-state index contributed by atoms with van der Waals surface area (Å²) in [5, 5.41) is 0. The van der Waals surface area contributed by atoms with Gasteiger partial charge in [-0.25, -0.2) is 4.79 Å². The Hall–Kier alpha value is -1.69. The third-order valence-corrected chi connectivity index (χ3v) is 3.43. The van der Waals surface area contributed by atoms with E-state index < -0.39 is 12.4 Å². The molecule has 0 saturated heterocycles. The van der Waals surface area contributed by atoms with E-state index in [1.807, 2.05) is 56.3 Å². The molecule has 0 radical (unpaired) electrons. The molecule has 1 unspecified atom stereocenters. The molecule has 5 heteroatoms. The van der Waals surface area contributed by atoms with E-state index >= 15 is 0 Å². The SMILES string of the molecule is CC=CCC[C@@H](OC(COCC)OCc1ccccc1)C(=O)OCC. The fourth-order valence-corrected chi connectivity index (χ4v) is 2.18. The predicted octanol–water partition coefficient (Wildman–Crippen LogP) is 3.87. The van der Waals surface area contributed by atoms with Gasteiger partial charge in [0, 0.05) is 6.61 Å². The molecule has 1 aromatic carbocycles. The Morgan fingerprint density at radius 2 is 1.92 bits per heavy atom. The standard InChI is InChI=1S/C20H30O5/c1-4-7-9-14-18(20(21)23-6-3)25-19(16-22-5-2)24-15-17-12-10-8-11-13-17/h4,7-8,10-13,18-19H,5-6,9,14-16H2,1-3H3/t18-,19?/m1/s1. The van der Waals surface area contributed by atoms with E-state index in [9.17, 15) is 4.79 Å². The summed E-state index contributed by atoms with van der Waals surface area (Å²) in [5.74, 6) is -0.364. The highest BCUT2D eigenvalue weighted by Gasteiger charge is 2.25. The number of hydrogen-bond donors (Lipinski definition) is 0. The van der Waals surface area contributed by atoms with Gasteiger partial charge in [0.2, 0.25) is 0 Å². The van der Waals surface area contributed by atoms with Crippen LogP contribution in [0.25, 0.3) is 0 Å². The van der Waals surface area contributed by atoms with Gasteiger partial charge in [0.25, 0.3) is 0 Å². The predicted molar refractivity (Wildman–Crippen MR) is 97.1 cm³/mol. The minimum Gasteiger partial charge on any atom is -0.464 e. The second-order valence-corrected chi connectivity index (χ2v) is 5.41. The van der Waals surface area contributed by atoms with Crippen molar-refractivity contribution in [3.63, 3.8) is 0 Å². The van der Waals surface area contributed by atoms with E-state index in [0.29, 0.717) is 26.2 Å². The Bertz CT molecular complexity index is 486. The molecular formula is C20H30O5. The van der Waals surface area contributed by atoms with Crippen LogP contribution in [0.4, 0.5) is 0 Å². The molecule has 2 atom stereocenters. The van der Waals surface area contributed by atoms with Crippen molar-refractivity contribution in [3.8, 4) is 0 Å². The van der Waals surface area contributed by atoms with Gasteiger partial charge in [-0.3, -0.25) is 0 Å². The summed E-state index contributed by atoms with van der Waals surface area (Å²) < 4.78 is 22.3. The van der Waals surface area contributed by atoms with Gasteiger partial charge in [0.1, 0.15) is 0 Å². The summed E-state index contributed by atoms with van der Waals surface area (Å²) in [6.07, 6.45) is 3.93. The number of carbonyl (C=O) groups is 1. The normalized spacial score (nSPS) is 13.7. The highest BCUT2D eigenvalue weighted by Crippen LogP contribution is 2.13. The number of rotatable bonds is 13. The van der Waals surface area contributed by atoms with Crippen LogP contribution in [-0.2, 0) is 30.3 Å². The van der Waals surface area contributed by atoms with E-state index in [0.717, 1.165) is 12.0 Å². The Kier molecular flexibility index (Phi) is 11.6. The molecule has 0 aliphatic heterocycles. The van der Waals surface area contributed by atoms with Crippen LogP contribution in [-0.4, -0.2) is 38.2 Å². The van der Waals surface area contributed by atoms with E-state index in [2.05, 4.69) is 0 Å². The Labute approximate surface area is 150 Å². The van der Waals surface area contributed by atoms with Gasteiger partial charge in [-0.1, -0.05) is 42.5 Å². The van der Waals surface area contributed by atoms with Crippen molar-refractivity contribution in [2.45, 2.75) is 52.6 Å². The van der Waals surface area contributed by atoms with Crippen LogP contribution in [0, 0.1) is 0 Å². The van der Waals surface area contributed by atoms with Crippen molar-refractivity contribution >= 4 is 5.97 Å². The van der Waals surface area contributed by atoms with E-state index in [1.165, 1.54) is 0 Å². The highest BCUT2D eigenvalue weighted by molar-refractivity contribution is 5.74. The van der Waals surface area contributed by atoms with Crippen molar-refractivity contribution in [3.05, 3.63) is 48.0 Å². The third-order valence-electron chi connectivity index (χ3n) is 3.43. The highest BCUT2D eigenvalue weighted by atomic mass is 16.7. The van der Waals surface area contributed by atoms with Crippen LogP contribution < -0.4 is 0 Å². The average molecular weight is 350 g/mol. The van der Waals surface area contributed by atoms with Crippen LogP contribution in [0.1, 0.15) is 39.2 Å². The number of hydrogen-bond acceptors (Lipinski definition) is 5. The number of carbonyl (C=O) groups excluding carboxylic acids is 1. The van der Waals surface area contributed by atoms with Crippen LogP contribution in [0.15, 0.2) is 42.5 Å². The summed E-state index contributed by atoms with van der Waals surface area (Å²) >= 11 is 0. The van der Waals surface area contributed by atoms with Crippen molar-refractivity contribution in [1.82, 2.24) is 0 Å². The van der Waals surface area contributed by atoms with Gasteiger partial charge in [-0.15, -0.1) is 0 Å². The molecule has 5 nitrogen and oxygen atoms in total. The summed E-state index contributed by atoms with van der Waals surface area (Å²) in [7, 11) is 0. The van der Waals surface area contributed by atoms with Gasteiger partial charge in [0.05, 0.1) is 19.8 Å². The monoisotopic (exact) mass is 350 g/mol. The molecule has 0 saturated carbocycles. The summed E-state index contributed by atoms with van der Waals surface area (Å²) in [6.45, 7) is 7.17. The Morgan fingerprint density at radius 3 is 2.56 bits per heavy atom. The fourth-order valence-electron chi connectivity index (χ4n) is 2.18. The molecule has 0 heterocycles. The van der Waals surface area contributed by atoms with Crippen LogP contribution >= 0.6 is 0 Å². The summed E-state index contributed by atoms with van der Waals surface area (Å²) in [5.41, 5.74) is 1.04. The lowest BCUT2D eigenvalue weighted by atomic mass is 10.2. The van der Waals surface area contributed by atoms with Gasteiger partial charge < -0.3 is 18.9 Å². The Morgan fingerprint density at radius 1 is 1.16 bits per heavy atom. The lowest BCUT2D eigenvalue weighted by Gasteiger charge is -2.23. The van der Waals surface area contributed by atoms with Gasteiger partial charge in [-0.05, 0) is 39.2 Å². The molecule has 0 fully saturated rings. The maximum atomic E-state index is 12.2. The zero-order valence-corrected chi connectivity index (χ0v) is 15.5. The van der Waals surface area contributed by atoms with Crippen LogP contribution in [0.5, 0.6) is 0 Å². The molecule has 0 aliphatic carbocycles. The summed E-state index contributed by atoms with van der Waals surface area (Å²) in [6, 6.07) is 9.82. The first-order valence-electron chi connectivity index (χ1n) is 8.87. The largest absolute Gasteiger partial charge is 0.464 e. The second kappa shape index (κ2) is 13.6. The second-order valence-electron chi connectivity index (χ2n) is 5.41. The minimum atomic E-state index is -0.669. The molecule has 140 valence electrons. The van der Waals surface area contributed by atoms with Gasteiger partial charge in [-0.2, -0.15) is 0 Å². The van der Waals surface area contributed by atoms with Crippen molar-refractivity contribution in [1.29, 1.82) is 0 Å². The lowest BCUT2D eigenvalue weighted by molar-refractivity contribution is -0.212. The van der Waals surface area contributed by atoms with Crippen LogP contribution in [0.2, 0.25) is 0 Å². The first kappa shape index (κ1) is 21.4. The molecule has 0 aromatic heterocycles. The maximum absolute atomic E-state index is 12.2. The minimum absolute atomic E-state index is 0.267. The first-order chi connectivity index (χ1) is 12.2. The smallest absolute Gasteiger partial charge is 0.335 e.